The first-order chi connectivity index (χ1) is 8.21. The van der Waals surface area contributed by atoms with Gasteiger partial charge in [0.25, 0.3) is 0 Å². The molecular formula is C13H11Cl4N. The number of aromatic nitrogens is 1. The summed E-state index contributed by atoms with van der Waals surface area (Å²) in [6, 6.07) is 3.48. The molecule has 0 spiro atoms. The molecule has 2 rings (SSSR count). The molecule has 0 unspecified atom stereocenters. The van der Waals surface area contributed by atoms with E-state index in [0.717, 1.165) is 10.9 Å². The molecule has 1 aromatic heterocycles. The summed E-state index contributed by atoms with van der Waals surface area (Å²) < 4.78 is 0. The number of halogens is 4. The third-order valence-corrected chi connectivity index (χ3v) is 4.09. The molecule has 2 aromatic rings. The molecule has 1 aromatic carbocycles. The Labute approximate surface area is 126 Å². The molecule has 5 heteroatoms. The lowest BCUT2D eigenvalue weighted by molar-refractivity contribution is 0.589. The second-order valence-corrected chi connectivity index (χ2v) is 6.68. The van der Waals surface area contributed by atoms with E-state index in [4.69, 9.17) is 46.4 Å². The van der Waals surface area contributed by atoms with Gasteiger partial charge < -0.3 is 0 Å². The first-order valence-electron chi connectivity index (χ1n) is 5.36. The Bertz CT molecular complexity index is 629. The van der Waals surface area contributed by atoms with Gasteiger partial charge in [-0.2, -0.15) is 0 Å². The molecule has 1 nitrogen and oxygen atoms in total. The zero-order chi connectivity index (χ0) is 13.7. The highest BCUT2D eigenvalue weighted by Gasteiger charge is 2.21. The number of hydrogen-bond donors (Lipinski definition) is 0. The van der Waals surface area contributed by atoms with E-state index < -0.39 is 0 Å². The Morgan fingerprint density at radius 2 is 1.56 bits per heavy atom. The van der Waals surface area contributed by atoms with Gasteiger partial charge in [0.2, 0.25) is 0 Å². The quantitative estimate of drug-likeness (QED) is 0.419. The minimum Gasteiger partial charge on any atom is -0.234 e. The van der Waals surface area contributed by atoms with Gasteiger partial charge in [0.05, 0.1) is 20.6 Å². The van der Waals surface area contributed by atoms with Crippen LogP contribution in [0.1, 0.15) is 26.3 Å². The highest BCUT2D eigenvalue weighted by Crippen LogP contribution is 2.39. The number of hydrogen-bond acceptors (Lipinski definition) is 1. The van der Waals surface area contributed by atoms with Crippen molar-refractivity contribution in [1.29, 1.82) is 0 Å². The Morgan fingerprint density at radius 1 is 0.944 bits per heavy atom. The summed E-state index contributed by atoms with van der Waals surface area (Å²) in [4.78, 5) is 4.33. The molecule has 0 aliphatic heterocycles. The van der Waals surface area contributed by atoms with Crippen molar-refractivity contribution in [2.75, 3.05) is 0 Å². The van der Waals surface area contributed by atoms with Crippen molar-refractivity contribution in [3.05, 3.63) is 37.9 Å². The van der Waals surface area contributed by atoms with Crippen molar-refractivity contribution < 1.29 is 0 Å². The van der Waals surface area contributed by atoms with E-state index in [1.807, 2.05) is 6.07 Å². The Kier molecular flexibility index (Phi) is 3.72. The zero-order valence-electron chi connectivity index (χ0n) is 10.1. The van der Waals surface area contributed by atoms with Gasteiger partial charge >= 0.3 is 0 Å². The Balaban J connectivity index is 2.90. The fraction of sp³-hybridized carbons (Fsp3) is 0.308. The van der Waals surface area contributed by atoms with Gasteiger partial charge in [-0.05, 0) is 23.1 Å². The molecule has 0 atom stereocenters. The van der Waals surface area contributed by atoms with Gasteiger partial charge in [0, 0.05) is 5.39 Å². The summed E-state index contributed by atoms with van der Waals surface area (Å²) in [5, 5.41) is 2.48. The molecule has 96 valence electrons. The molecule has 0 bridgehead atoms. The highest BCUT2D eigenvalue weighted by atomic mass is 35.5. The monoisotopic (exact) mass is 321 g/mol. The fourth-order valence-corrected chi connectivity index (χ4v) is 2.88. The van der Waals surface area contributed by atoms with Gasteiger partial charge in [0.15, 0.2) is 0 Å². The van der Waals surface area contributed by atoms with Crippen LogP contribution in [-0.2, 0) is 5.41 Å². The van der Waals surface area contributed by atoms with Crippen LogP contribution in [0.3, 0.4) is 0 Å². The summed E-state index contributed by atoms with van der Waals surface area (Å²) in [5.74, 6) is 0. The summed E-state index contributed by atoms with van der Waals surface area (Å²) in [7, 11) is 0. The van der Waals surface area contributed by atoms with Crippen LogP contribution in [0, 0.1) is 0 Å². The maximum absolute atomic E-state index is 6.21. The van der Waals surface area contributed by atoms with Crippen molar-refractivity contribution in [1.82, 2.24) is 4.98 Å². The molecule has 0 fully saturated rings. The van der Waals surface area contributed by atoms with Crippen LogP contribution >= 0.6 is 46.4 Å². The average Bonchev–Trinajstić information content (AvgIpc) is 2.24. The van der Waals surface area contributed by atoms with Crippen LogP contribution in [-0.4, -0.2) is 4.98 Å². The van der Waals surface area contributed by atoms with Gasteiger partial charge in [-0.3, -0.25) is 0 Å². The predicted molar refractivity (Wildman–Crippen MR) is 80.5 cm³/mol. The van der Waals surface area contributed by atoms with Crippen molar-refractivity contribution >= 4 is 57.3 Å². The lowest BCUT2D eigenvalue weighted by atomic mass is 9.87. The molecule has 0 N–H and O–H groups in total. The molecular weight excluding hydrogens is 312 g/mol. The van der Waals surface area contributed by atoms with Crippen LogP contribution in [0.4, 0.5) is 0 Å². The van der Waals surface area contributed by atoms with Crippen molar-refractivity contribution in [3.63, 3.8) is 0 Å². The summed E-state index contributed by atoms with van der Waals surface area (Å²) in [5.41, 5.74) is 1.36. The maximum atomic E-state index is 6.21. The van der Waals surface area contributed by atoms with Gasteiger partial charge in [0.1, 0.15) is 5.15 Å². The molecule has 0 aliphatic rings. The molecule has 18 heavy (non-hydrogen) atoms. The first kappa shape index (κ1) is 14.2. The van der Waals surface area contributed by atoms with E-state index in [-0.39, 0.29) is 5.41 Å². The maximum Gasteiger partial charge on any atom is 0.133 e. The van der Waals surface area contributed by atoms with Gasteiger partial charge in [-0.25, -0.2) is 4.98 Å². The SMILES string of the molecule is CC(C)(C)c1cc2c(Cl)c(Cl)cc(Cl)c2nc1Cl. The van der Waals surface area contributed by atoms with Crippen molar-refractivity contribution in [2.24, 2.45) is 0 Å². The third kappa shape index (κ3) is 2.42. The van der Waals surface area contributed by atoms with E-state index in [1.54, 1.807) is 6.07 Å². The lowest BCUT2D eigenvalue weighted by Crippen LogP contribution is -2.12. The zero-order valence-corrected chi connectivity index (χ0v) is 13.1. The Hall–Kier alpha value is -0.210. The summed E-state index contributed by atoms with van der Waals surface area (Å²) in [6.45, 7) is 6.17. The largest absolute Gasteiger partial charge is 0.234 e. The molecule has 0 saturated carbocycles. The van der Waals surface area contributed by atoms with Gasteiger partial charge in [-0.1, -0.05) is 67.2 Å². The standard InChI is InChI=1S/C13H11Cl4N/c1-13(2,3)7-4-6-10(16)8(14)5-9(15)11(6)18-12(7)17/h4-5H,1-3H3. The van der Waals surface area contributed by atoms with Crippen LogP contribution in [0.15, 0.2) is 12.1 Å². The minimum absolute atomic E-state index is 0.129. The highest BCUT2D eigenvalue weighted by molar-refractivity contribution is 6.47. The molecule has 0 saturated heterocycles. The summed E-state index contributed by atoms with van der Waals surface area (Å²) >= 11 is 24.5. The summed E-state index contributed by atoms with van der Waals surface area (Å²) in [6.07, 6.45) is 0. The number of benzene rings is 1. The fourth-order valence-electron chi connectivity index (χ4n) is 1.74. The number of pyridine rings is 1. The topological polar surface area (TPSA) is 12.9 Å². The van der Waals surface area contributed by atoms with Crippen LogP contribution < -0.4 is 0 Å². The minimum atomic E-state index is -0.129. The lowest BCUT2D eigenvalue weighted by Gasteiger charge is -2.21. The second kappa shape index (κ2) is 4.72. The smallest absolute Gasteiger partial charge is 0.133 e. The third-order valence-electron chi connectivity index (χ3n) is 2.71. The van der Waals surface area contributed by atoms with Crippen LogP contribution in [0.25, 0.3) is 10.9 Å². The molecule has 1 heterocycles. The Morgan fingerprint density at radius 3 is 2.11 bits per heavy atom. The number of rotatable bonds is 0. The molecule has 0 amide bonds. The normalized spacial score (nSPS) is 12.2. The molecule has 0 aliphatic carbocycles. The van der Waals surface area contributed by atoms with E-state index in [0.29, 0.717) is 25.7 Å². The van der Waals surface area contributed by atoms with Crippen LogP contribution in [0.2, 0.25) is 20.2 Å². The first-order valence-corrected chi connectivity index (χ1v) is 6.87. The van der Waals surface area contributed by atoms with E-state index in [2.05, 4.69) is 25.8 Å². The van der Waals surface area contributed by atoms with Crippen LogP contribution in [0.5, 0.6) is 0 Å². The number of fused-ring (bicyclic) bond motifs is 1. The second-order valence-electron chi connectivity index (χ2n) is 5.13. The number of nitrogens with zero attached hydrogens (tertiary/aromatic N) is 1. The van der Waals surface area contributed by atoms with Gasteiger partial charge in [-0.15, -0.1) is 0 Å². The van der Waals surface area contributed by atoms with E-state index in [1.165, 1.54) is 0 Å². The molecule has 0 radical (unpaired) electrons. The average molecular weight is 323 g/mol. The predicted octanol–water partition coefficient (Wildman–Crippen LogP) is 6.15. The van der Waals surface area contributed by atoms with E-state index >= 15 is 0 Å². The van der Waals surface area contributed by atoms with E-state index in [9.17, 15) is 0 Å². The van der Waals surface area contributed by atoms with Crippen molar-refractivity contribution in [3.8, 4) is 0 Å². The van der Waals surface area contributed by atoms with Crippen molar-refractivity contribution in [2.45, 2.75) is 26.2 Å².